The zero-order valence-electron chi connectivity index (χ0n) is 8.18. The van der Waals surface area contributed by atoms with Gasteiger partial charge in [-0.15, -0.1) is 0 Å². The molecule has 1 N–H and O–H groups in total. The molecule has 0 saturated carbocycles. The van der Waals surface area contributed by atoms with E-state index in [9.17, 15) is 5.11 Å². The lowest BCUT2D eigenvalue weighted by Gasteiger charge is -2.36. The molecule has 72 valence electrons. The van der Waals surface area contributed by atoms with Crippen LogP contribution < -0.4 is 0 Å². The first-order valence-electron chi connectivity index (χ1n) is 4.87. The SMILES string of the molecule is CC(C)CC1(CO)CCOCC1. The molecule has 0 aromatic carbocycles. The third-order valence-corrected chi connectivity index (χ3v) is 2.73. The fourth-order valence-electron chi connectivity index (χ4n) is 2.10. The largest absolute Gasteiger partial charge is 0.396 e. The topological polar surface area (TPSA) is 29.5 Å². The predicted octanol–water partition coefficient (Wildman–Crippen LogP) is 1.82. The van der Waals surface area contributed by atoms with Gasteiger partial charge in [-0.25, -0.2) is 0 Å². The van der Waals surface area contributed by atoms with E-state index in [0.29, 0.717) is 12.5 Å². The molecule has 1 rings (SSSR count). The van der Waals surface area contributed by atoms with Crippen molar-refractivity contribution >= 4 is 0 Å². The van der Waals surface area contributed by atoms with Gasteiger partial charge in [0.05, 0.1) is 0 Å². The highest BCUT2D eigenvalue weighted by molar-refractivity contribution is 4.82. The van der Waals surface area contributed by atoms with Gasteiger partial charge in [0.2, 0.25) is 0 Å². The summed E-state index contributed by atoms with van der Waals surface area (Å²) in [5, 5.41) is 9.33. The van der Waals surface area contributed by atoms with E-state index >= 15 is 0 Å². The lowest BCUT2D eigenvalue weighted by Crippen LogP contribution is -2.34. The summed E-state index contributed by atoms with van der Waals surface area (Å²) in [6.07, 6.45) is 3.19. The first-order valence-corrected chi connectivity index (χ1v) is 4.87. The van der Waals surface area contributed by atoms with Crippen molar-refractivity contribution in [2.75, 3.05) is 19.8 Å². The smallest absolute Gasteiger partial charge is 0.0489 e. The number of aliphatic hydroxyl groups excluding tert-OH is 1. The van der Waals surface area contributed by atoms with Crippen molar-refractivity contribution in [2.45, 2.75) is 33.1 Å². The van der Waals surface area contributed by atoms with E-state index in [2.05, 4.69) is 13.8 Å². The Morgan fingerprint density at radius 2 is 1.92 bits per heavy atom. The van der Waals surface area contributed by atoms with E-state index in [1.807, 2.05) is 0 Å². The molecule has 0 spiro atoms. The summed E-state index contributed by atoms with van der Waals surface area (Å²) in [5.41, 5.74) is 0.173. The Hall–Kier alpha value is -0.0800. The average molecular weight is 172 g/mol. The van der Waals surface area contributed by atoms with E-state index in [4.69, 9.17) is 4.74 Å². The number of rotatable bonds is 3. The normalized spacial score (nSPS) is 23.0. The van der Waals surface area contributed by atoms with Gasteiger partial charge in [0, 0.05) is 19.8 Å². The lowest BCUT2D eigenvalue weighted by atomic mass is 9.75. The maximum atomic E-state index is 9.33. The quantitative estimate of drug-likeness (QED) is 0.703. The standard InChI is InChI=1S/C10H20O2/c1-9(2)7-10(8-11)3-5-12-6-4-10/h9,11H,3-8H2,1-2H3. The molecule has 2 nitrogen and oxygen atoms in total. The highest BCUT2D eigenvalue weighted by Gasteiger charge is 2.32. The minimum absolute atomic E-state index is 0.173. The van der Waals surface area contributed by atoms with Crippen LogP contribution in [0.15, 0.2) is 0 Å². The summed E-state index contributed by atoms with van der Waals surface area (Å²) in [6, 6.07) is 0. The van der Waals surface area contributed by atoms with Gasteiger partial charge in [0.25, 0.3) is 0 Å². The van der Waals surface area contributed by atoms with Gasteiger partial charge >= 0.3 is 0 Å². The average Bonchev–Trinajstić information content (AvgIpc) is 2.05. The van der Waals surface area contributed by atoms with Gasteiger partial charge in [-0.1, -0.05) is 13.8 Å². The highest BCUT2D eigenvalue weighted by atomic mass is 16.5. The second-order valence-corrected chi connectivity index (χ2v) is 4.37. The van der Waals surface area contributed by atoms with Gasteiger partial charge in [0.1, 0.15) is 0 Å². The third-order valence-electron chi connectivity index (χ3n) is 2.73. The number of hydrogen-bond donors (Lipinski definition) is 1. The highest BCUT2D eigenvalue weighted by Crippen LogP contribution is 2.36. The fourth-order valence-corrected chi connectivity index (χ4v) is 2.10. The summed E-state index contributed by atoms with van der Waals surface area (Å²) in [5.74, 6) is 0.676. The minimum Gasteiger partial charge on any atom is -0.396 e. The maximum absolute atomic E-state index is 9.33. The maximum Gasteiger partial charge on any atom is 0.0489 e. The molecule has 1 fully saturated rings. The van der Waals surface area contributed by atoms with Crippen molar-refractivity contribution in [3.63, 3.8) is 0 Å². The molecule has 0 atom stereocenters. The van der Waals surface area contributed by atoms with Gasteiger partial charge in [-0.3, -0.25) is 0 Å². The van der Waals surface area contributed by atoms with Crippen molar-refractivity contribution < 1.29 is 9.84 Å². The van der Waals surface area contributed by atoms with Crippen molar-refractivity contribution in [1.82, 2.24) is 0 Å². The van der Waals surface area contributed by atoms with E-state index in [1.54, 1.807) is 0 Å². The Kier molecular flexibility index (Phi) is 3.53. The van der Waals surface area contributed by atoms with E-state index in [-0.39, 0.29) is 5.41 Å². The van der Waals surface area contributed by atoms with Crippen LogP contribution in [0.2, 0.25) is 0 Å². The zero-order valence-corrected chi connectivity index (χ0v) is 8.18. The molecule has 0 aromatic heterocycles. The van der Waals surface area contributed by atoms with Crippen molar-refractivity contribution in [3.05, 3.63) is 0 Å². The second kappa shape index (κ2) is 4.24. The number of hydrogen-bond acceptors (Lipinski definition) is 2. The van der Waals surface area contributed by atoms with Crippen LogP contribution in [0.5, 0.6) is 0 Å². The Bertz CT molecular complexity index is 126. The molecule has 0 radical (unpaired) electrons. The van der Waals surface area contributed by atoms with Crippen molar-refractivity contribution in [3.8, 4) is 0 Å². The Balaban J connectivity index is 2.48. The lowest BCUT2D eigenvalue weighted by molar-refractivity contribution is -0.0267. The minimum atomic E-state index is 0.173. The Labute approximate surface area is 74.9 Å². The third kappa shape index (κ3) is 2.46. The molecule has 1 aliphatic heterocycles. The molecular weight excluding hydrogens is 152 g/mol. The van der Waals surface area contributed by atoms with Crippen molar-refractivity contribution in [1.29, 1.82) is 0 Å². The Morgan fingerprint density at radius 3 is 2.33 bits per heavy atom. The summed E-state index contributed by atoms with van der Waals surface area (Å²) in [6.45, 7) is 6.41. The van der Waals surface area contributed by atoms with Crippen LogP contribution in [0.3, 0.4) is 0 Å². The van der Waals surface area contributed by atoms with Crippen LogP contribution in [-0.2, 0) is 4.74 Å². The molecule has 2 heteroatoms. The number of ether oxygens (including phenoxy) is 1. The zero-order chi connectivity index (χ0) is 9.03. The molecular formula is C10H20O2. The summed E-state index contributed by atoms with van der Waals surface area (Å²) in [4.78, 5) is 0. The molecule has 0 aromatic rings. The van der Waals surface area contributed by atoms with Crippen LogP contribution in [0.4, 0.5) is 0 Å². The van der Waals surface area contributed by atoms with Crippen LogP contribution in [-0.4, -0.2) is 24.9 Å². The number of aliphatic hydroxyl groups is 1. The van der Waals surface area contributed by atoms with Gasteiger partial charge in [-0.05, 0) is 30.6 Å². The molecule has 1 aliphatic rings. The van der Waals surface area contributed by atoms with Crippen LogP contribution in [0.25, 0.3) is 0 Å². The van der Waals surface area contributed by atoms with Gasteiger partial charge in [-0.2, -0.15) is 0 Å². The molecule has 0 amide bonds. The molecule has 1 heterocycles. The summed E-state index contributed by atoms with van der Waals surface area (Å²) in [7, 11) is 0. The molecule has 12 heavy (non-hydrogen) atoms. The summed E-state index contributed by atoms with van der Waals surface area (Å²) >= 11 is 0. The first kappa shape index (κ1) is 10.0. The van der Waals surface area contributed by atoms with Gasteiger partial charge < -0.3 is 9.84 Å². The van der Waals surface area contributed by atoms with Crippen LogP contribution >= 0.6 is 0 Å². The van der Waals surface area contributed by atoms with Crippen LogP contribution in [0, 0.1) is 11.3 Å². The first-order chi connectivity index (χ1) is 5.68. The van der Waals surface area contributed by atoms with Crippen molar-refractivity contribution in [2.24, 2.45) is 11.3 Å². The van der Waals surface area contributed by atoms with Crippen LogP contribution in [0.1, 0.15) is 33.1 Å². The van der Waals surface area contributed by atoms with Gasteiger partial charge in [0.15, 0.2) is 0 Å². The molecule has 0 aliphatic carbocycles. The fraction of sp³-hybridized carbons (Fsp3) is 1.00. The summed E-state index contributed by atoms with van der Waals surface area (Å²) < 4.78 is 5.30. The molecule has 0 unspecified atom stereocenters. The van der Waals surface area contributed by atoms with E-state index < -0.39 is 0 Å². The molecule has 1 saturated heterocycles. The molecule has 0 bridgehead atoms. The predicted molar refractivity (Wildman–Crippen MR) is 49.0 cm³/mol. The Morgan fingerprint density at radius 1 is 1.33 bits per heavy atom. The monoisotopic (exact) mass is 172 g/mol. The van der Waals surface area contributed by atoms with E-state index in [0.717, 1.165) is 32.5 Å². The second-order valence-electron chi connectivity index (χ2n) is 4.37. The van der Waals surface area contributed by atoms with E-state index in [1.165, 1.54) is 0 Å².